The van der Waals surface area contributed by atoms with Gasteiger partial charge in [0.15, 0.2) is 11.6 Å². The van der Waals surface area contributed by atoms with E-state index in [2.05, 4.69) is 4.90 Å². The summed E-state index contributed by atoms with van der Waals surface area (Å²) in [5.41, 5.74) is 6.38. The lowest BCUT2D eigenvalue weighted by Gasteiger charge is -2.32. The first-order valence-electron chi connectivity index (χ1n) is 8.10. The molecule has 116 valence electrons. The molecule has 1 aliphatic carbocycles. The molecule has 1 heterocycles. The molecule has 2 aliphatic rings. The minimum Gasteiger partial charge on any atom is -0.324 e. The summed E-state index contributed by atoms with van der Waals surface area (Å²) in [7, 11) is 0. The molecule has 1 saturated heterocycles. The molecule has 0 spiro atoms. The van der Waals surface area contributed by atoms with Crippen LogP contribution in [0.5, 0.6) is 0 Å². The first-order chi connectivity index (χ1) is 10.2. The highest BCUT2D eigenvalue weighted by atomic mass is 19.2. The Hall–Kier alpha value is -1.00. The lowest BCUT2D eigenvalue weighted by molar-refractivity contribution is 0.177. The van der Waals surface area contributed by atoms with Gasteiger partial charge in [-0.25, -0.2) is 8.78 Å². The molecule has 1 saturated carbocycles. The van der Waals surface area contributed by atoms with Crippen LogP contribution in [0.15, 0.2) is 18.2 Å². The number of nitrogens with zero attached hydrogens (tertiary/aromatic N) is 1. The molecule has 2 nitrogen and oxygen atoms in total. The van der Waals surface area contributed by atoms with Crippen LogP contribution in [0.2, 0.25) is 0 Å². The molecule has 0 bridgehead atoms. The zero-order chi connectivity index (χ0) is 14.8. The van der Waals surface area contributed by atoms with E-state index in [0.29, 0.717) is 18.0 Å². The predicted octanol–water partition coefficient (Wildman–Crippen LogP) is 3.62. The van der Waals surface area contributed by atoms with Crippen LogP contribution in [0, 0.1) is 17.6 Å². The van der Waals surface area contributed by atoms with Crippen molar-refractivity contribution in [1.29, 1.82) is 0 Å². The van der Waals surface area contributed by atoms with E-state index in [0.717, 1.165) is 25.1 Å². The van der Waals surface area contributed by atoms with Crippen molar-refractivity contribution >= 4 is 0 Å². The van der Waals surface area contributed by atoms with Crippen LogP contribution in [0.4, 0.5) is 8.78 Å². The van der Waals surface area contributed by atoms with Crippen molar-refractivity contribution in [2.24, 2.45) is 11.7 Å². The van der Waals surface area contributed by atoms with Crippen LogP contribution >= 0.6 is 0 Å². The first-order valence-corrected chi connectivity index (χ1v) is 8.10. The number of rotatable bonds is 4. The van der Waals surface area contributed by atoms with Crippen molar-refractivity contribution in [2.45, 2.75) is 50.6 Å². The largest absolute Gasteiger partial charge is 0.324 e. The second-order valence-electron chi connectivity index (χ2n) is 6.47. The Balaban J connectivity index is 1.58. The molecule has 2 fully saturated rings. The third kappa shape index (κ3) is 3.11. The lowest BCUT2D eigenvalue weighted by Crippen LogP contribution is -2.36. The predicted molar refractivity (Wildman–Crippen MR) is 79.8 cm³/mol. The normalized spacial score (nSPS) is 27.6. The molecule has 0 amide bonds. The Morgan fingerprint density at radius 3 is 2.86 bits per heavy atom. The zero-order valence-electron chi connectivity index (χ0n) is 12.4. The summed E-state index contributed by atoms with van der Waals surface area (Å²) in [5, 5.41) is 0. The summed E-state index contributed by atoms with van der Waals surface area (Å²) in [4.78, 5) is 2.51. The van der Waals surface area contributed by atoms with Gasteiger partial charge in [0.05, 0.1) is 0 Å². The Bertz CT molecular complexity index is 492. The number of hydrogen-bond donors (Lipinski definition) is 1. The highest BCUT2D eigenvalue weighted by Crippen LogP contribution is 2.36. The molecule has 4 heteroatoms. The molecule has 3 unspecified atom stereocenters. The second-order valence-corrected chi connectivity index (χ2v) is 6.47. The third-order valence-corrected chi connectivity index (χ3v) is 5.23. The van der Waals surface area contributed by atoms with Crippen LogP contribution in [0.3, 0.4) is 0 Å². The smallest absolute Gasteiger partial charge is 0.163 e. The summed E-state index contributed by atoms with van der Waals surface area (Å²) in [6.07, 6.45) is 7.29. The Kier molecular flexibility index (Phi) is 4.55. The van der Waals surface area contributed by atoms with Crippen molar-refractivity contribution in [3.8, 4) is 0 Å². The van der Waals surface area contributed by atoms with Crippen molar-refractivity contribution in [1.82, 2.24) is 4.90 Å². The maximum atomic E-state index is 13.8. The molecule has 1 aromatic carbocycles. The fourth-order valence-electron chi connectivity index (χ4n) is 4.05. The van der Waals surface area contributed by atoms with Gasteiger partial charge in [-0.3, -0.25) is 0 Å². The number of nitrogens with two attached hydrogens (primary N) is 1. The maximum absolute atomic E-state index is 13.8. The Morgan fingerprint density at radius 2 is 2.00 bits per heavy atom. The molecule has 0 aromatic heterocycles. The lowest BCUT2D eigenvalue weighted by atomic mass is 9.85. The number of halogens is 2. The minimum atomic E-state index is -0.809. The van der Waals surface area contributed by atoms with E-state index in [1.807, 2.05) is 0 Å². The fraction of sp³-hybridized carbons (Fsp3) is 0.647. The van der Waals surface area contributed by atoms with Gasteiger partial charge >= 0.3 is 0 Å². The quantitative estimate of drug-likeness (QED) is 0.919. The molecule has 21 heavy (non-hydrogen) atoms. The SMILES string of the molecule is NC(CCN1CCC2CCCCC21)c1cccc(F)c1F. The van der Waals surface area contributed by atoms with E-state index in [1.54, 1.807) is 6.07 Å². The monoisotopic (exact) mass is 294 g/mol. The van der Waals surface area contributed by atoms with Gasteiger partial charge in [0, 0.05) is 24.2 Å². The van der Waals surface area contributed by atoms with E-state index in [1.165, 1.54) is 38.2 Å². The number of benzene rings is 1. The Morgan fingerprint density at radius 1 is 1.19 bits per heavy atom. The van der Waals surface area contributed by atoms with E-state index < -0.39 is 17.7 Å². The van der Waals surface area contributed by atoms with Crippen molar-refractivity contribution in [3.05, 3.63) is 35.4 Å². The molecule has 1 aliphatic heterocycles. The van der Waals surface area contributed by atoms with Gasteiger partial charge in [-0.2, -0.15) is 0 Å². The molecule has 3 atom stereocenters. The fourth-order valence-corrected chi connectivity index (χ4v) is 4.05. The molecule has 3 rings (SSSR count). The Labute approximate surface area is 125 Å². The molecule has 2 N–H and O–H groups in total. The van der Waals surface area contributed by atoms with Crippen molar-refractivity contribution in [3.63, 3.8) is 0 Å². The van der Waals surface area contributed by atoms with Crippen LogP contribution in [-0.4, -0.2) is 24.0 Å². The molecular formula is C17H24F2N2. The second kappa shape index (κ2) is 6.41. The molecule has 0 radical (unpaired) electrons. The van der Waals surface area contributed by atoms with Crippen LogP contribution in [0.25, 0.3) is 0 Å². The van der Waals surface area contributed by atoms with Crippen LogP contribution < -0.4 is 5.73 Å². The van der Waals surface area contributed by atoms with E-state index in [4.69, 9.17) is 5.73 Å². The van der Waals surface area contributed by atoms with Gasteiger partial charge in [0.1, 0.15) is 0 Å². The van der Waals surface area contributed by atoms with Gasteiger partial charge in [0.2, 0.25) is 0 Å². The number of likely N-dealkylation sites (tertiary alicyclic amines) is 1. The highest BCUT2D eigenvalue weighted by Gasteiger charge is 2.35. The topological polar surface area (TPSA) is 29.3 Å². The molecule has 1 aromatic rings. The standard InChI is InChI=1S/C17H24F2N2/c18-14-6-3-5-13(17(14)19)15(20)9-11-21-10-8-12-4-1-2-7-16(12)21/h3,5-6,12,15-16H,1-2,4,7-11,20H2. The van der Waals surface area contributed by atoms with Crippen LogP contribution in [0.1, 0.15) is 50.1 Å². The summed E-state index contributed by atoms with van der Waals surface area (Å²) in [6.45, 7) is 2.02. The summed E-state index contributed by atoms with van der Waals surface area (Å²) in [6, 6.07) is 4.53. The first kappa shape index (κ1) is 14.9. The molecular weight excluding hydrogens is 270 g/mol. The van der Waals surface area contributed by atoms with E-state index >= 15 is 0 Å². The maximum Gasteiger partial charge on any atom is 0.163 e. The summed E-state index contributed by atoms with van der Waals surface area (Å²) < 4.78 is 27.0. The average molecular weight is 294 g/mol. The van der Waals surface area contributed by atoms with Gasteiger partial charge in [-0.15, -0.1) is 0 Å². The summed E-state index contributed by atoms with van der Waals surface area (Å²) in [5.74, 6) is -0.751. The van der Waals surface area contributed by atoms with Crippen molar-refractivity contribution < 1.29 is 8.78 Å². The number of fused-ring (bicyclic) bond motifs is 1. The van der Waals surface area contributed by atoms with Gasteiger partial charge in [-0.1, -0.05) is 25.0 Å². The van der Waals surface area contributed by atoms with Gasteiger partial charge < -0.3 is 10.6 Å². The average Bonchev–Trinajstić information content (AvgIpc) is 2.91. The number of hydrogen-bond acceptors (Lipinski definition) is 2. The highest BCUT2D eigenvalue weighted by molar-refractivity contribution is 5.22. The summed E-state index contributed by atoms with van der Waals surface area (Å²) >= 11 is 0. The van der Waals surface area contributed by atoms with E-state index in [-0.39, 0.29) is 0 Å². The third-order valence-electron chi connectivity index (χ3n) is 5.23. The zero-order valence-corrected chi connectivity index (χ0v) is 12.4. The van der Waals surface area contributed by atoms with E-state index in [9.17, 15) is 8.78 Å². The minimum absolute atomic E-state index is 0.300. The van der Waals surface area contributed by atoms with Gasteiger partial charge in [0.25, 0.3) is 0 Å². The van der Waals surface area contributed by atoms with Gasteiger partial charge in [-0.05, 0) is 44.2 Å². The van der Waals surface area contributed by atoms with Crippen LogP contribution in [-0.2, 0) is 0 Å². The van der Waals surface area contributed by atoms with Crippen molar-refractivity contribution in [2.75, 3.05) is 13.1 Å².